The van der Waals surface area contributed by atoms with Gasteiger partial charge in [-0.2, -0.15) is 0 Å². The van der Waals surface area contributed by atoms with Crippen molar-refractivity contribution in [1.82, 2.24) is 0 Å². The number of hydrogen-bond acceptors (Lipinski definition) is 2. The third kappa shape index (κ3) is 10.5. The van der Waals surface area contributed by atoms with Gasteiger partial charge in [0.05, 0.1) is 13.2 Å². The fraction of sp³-hybridized carbons (Fsp3) is 0.680. The Kier molecular flexibility index (Phi) is 13.6. The van der Waals surface area contributed by atoms with Gasteiger partial charge in [0.15, 0.2) is 0 Å². The monoisotopic (exact) mass is 374 g/mol. The van der Waals surface area contributed by atoms with Gasteiger partial charge in [-0.25, -0.2) is 0 Å². The Labute approximate surface area is 168 Å². The zero-order valence-corrected chi connectivity index (χ0v) is 18.3. The maximum absolute atomic E-state index is 6.10. The lowest BCUT2D eigenvalue weighted by Crippen LogP contribution is -2.02. The molecule has 2 heteroatoms. The maximum Gasteiger partial charge on any atom is 0.127 e. The molecule has 1 aromatic rings. The van der Waals surface area contributed by atoms with Gasteiger partial charge in [0.25, 0.3) is 0 Å². The first-order valence-corrected chi connectivity index (χ1v) is 11.3. The molecule has 0 atom stereocenters. The largest absolute Gasteiger partial charge is 0.493 e. The molecule has 0 aliphatic heterocycles. The zero-order valence-electron chi connectivity index (χ0n) is 18.3. The highest BCUT2D eigenvalue weighted by Gasteiger charge is 2.08. The quantitative estimate of drug-likeness (QED) is 0.272. The molecule has 0 bridgehead atoms. The van der Waals surface area contributed by atoms with E-state index in [1.54, 1.807) is 0 Å². The summed E-state index contributed by atoms with van der Waals surface area (Å²) in [5, 5.41) is 0. The molecule has 27 heavy (non-hydrogen) atoms. The smallest absolute Gasteiger partial charge is 0.127 e. The molecule has 0 radical (unpaired) electrons. The molecule has 0 spiro atoms. The van der Waals surface area contributed by atoms with Crippen LogP contribution < -0.4 is 9.47 Å². The highest BCUT2D eigenvalue weighted by atomic mass is 16.5. The minimum absolute atomic E-state index is 0.799. The lowest BCUT2D eigenvalue weighted by Gasteiger charge is -2.15. The molecule has 0 saturated heterocycles. The van der Waals surface area contributed by atoms with Crippen LogP contribution in [0.2, 0.25) is 0 Å². The van der Waals surface area contributed by atoms with Crippen molar-refractivity contribution < 1.29 is 9.47 Å². The Morgan fingerprint density at radius 1 is 0.704 bits per heavy atom. The predicted molar refractivity (Wildman–Crippen MR) is 119 cm³/mol. The molecule has 2 nitrogen and oxygen atoms in total. The lowest BCUT2D eigenvalue weighted by molar-refractivity contribution is 0.294. The summed E-state index contributed by atoms with van der Waals surface area (Å²) in [6.45, 7) is 10.3. The summed E-state index contributed by atoms with van der Waals surface area (Å²) in [6, 6.07) is 4.27. The van der Waals surface area contributed by atoms with Crippen molar-refractivity contribution in [2.24, 2.45) is 0 Å². The molecule has 0 unspecified atom stereocenters. The Balaban J connectivity index is 2.49. The van der Waals surface area contributed by atoms with E-state index in [4.69, 9.17) is 9.47 Å². The van der Waals surface area contributed by atoms with E-state index in [0.29, 0.717) is 0 Å². The number of rotatable bonds is 16. The molecular weight excluding hydrogens is 332 g/mol. The number of unbranched alkanes of at least 4 members (excludes halogenated alkanes) is 9. The Hall–Kier alpha value is -1.44. The molecule has 0 aliphatic rings. The number of hydrogen-bond donors (Lipinski definition) is 0. The first-order chi connectivity index (χ1) is 13.2. The van der Waals surface area contributed by atoms with E-state index in [2.05, 4.69) is 45.1 Å². The van der Waals surface area contributed by atoms with Crippen LogP contribution in [-0.2, 0) is 0 Å². The van der Waals surface area contributed by atoms with E-state index in [0.717, 1.165) is 48.7 Å². The van der Waals surface area contributed by atoms with Gasteiger partial charge in [-0.05, 0) is 44.4 Å². The topological polar surface area (TPSA) is 18.5 Å². The summed E-state index contributed by atoms with van der Waals surface area (Å²) < 4.78 is 12.1. The van der Waals surface area contributed by atoms with Crippen LogP contribution >= 0.6 is 0 Å². The van der Waals surface area contributed by atoms with Crippen LogP contribution in [0.5, 0.6) is 11.5 Å². The highest BCUT2D eigenvalue weighted by molar-refractivity contribution is 5.61. The third-order valence-electron chi connectivity index (χ3n) is 4.91. The van der Waals surface area contributed by atoms with Crippen LogP contribution in [0.3, 0.4) is 0 Å². The second-order valence-corrected chi connectivity index (χ2v) is 7.53. The molecule has 0 saturated carbocycles. The highest BCUT2D eigenvalue weighted by Crippen LogP contribution is 2.30. The van der Waals surface area contributed by atoms with Crippen molar-refractivity contribution in [3.05, 3.63) is 29.3 Å². The lowest BCUT2D eigenvalue weighted by atomic mass is 10.1. The van der Waals surface area contributed by atoms with Gasteiger partial charge in [-0.15, -0.1) is 0 Å². The van der Waals surface area contributed by atoms with Gasteiger partial charge in [0.1, 0.15) is 11.5 Å². The van der Waals surface area contributed by atoms with Crippen molar-refractivity contribution in [3.8, 4) is 11.5 Å². The second kappa shape index (κ2) is 15.6. The van der Waals surface area contributed by atoms with Crippen molar-refractivity contribution >= 4 is 6.08 Å². The summed E-state index contributed by atoms with van der Waals surface area (Å²) in [5.74, 6) is 1.97. The predicted octanol–water partition coefficient (Wildman–Crippen LogP) is 8.12. The van der Waals surface area contributed by atoms with Gasteiger partial charge in [0, 0.05) is 5.56 Å². The number of ether oxygens (including phenoxy) is 2. The van der Waals surface area contributed by atoms with Gasteiger partial charge in [-0.3, -0.25) is 0 Å². The summed E-state index contributed by atoms with van der Waals surface area (Å²) in [6.07, 6.45) is 18.2. The SMILES string of the molecule is C/C=C/c1cc(OCCCCCCC)c(C)cc1OCCCCCCCC. The Morgan fingerprint density at radius 3 is 1.78 bits per heavy atom. The first-order valence-electron chi connectivity index (χ1n) is 11.3. The van der Waals surface area contributed by atoms with E-state index < -0.39 is 0 Å². The van der Waals surface area contributed by atoms with E-state index in [1.165, 1.54) is 57.8 Å². The Bertz CT molecular complexity index is 519. The molecule has 0 fully saturated rings. The Morgan fingerprint density at radius 2 is 1.22 bits per heavy atom. The fourth-order valence-corrected chi connectivity index (χ4v) is 3.22. The average molecular weight is 375 g/mol. The summed E-state index contributed by atoms with van der Waals surface area (Å²) in [4.78, 5) is 0. The van der Waals surface area contributed by atoms with Gasteiger partial charge in [-0.1, -0.05) is 83.8 Å². The molecule has 154 valence electrons. The maximum atomic E-state index is 6.10. The third-order valence-corrected chi connectivity index (χ3v) is 4.91. The fourth-order valence-electron chi connectivity index (χ4n) is 3.22. The molecular formula is C25H42O2. The first kappa shape index (κ1) is 23.6. The molecule has 0 N–H and O–H groups in total. The van der Waals surface area contributed by atoms with E-state index in [9.17, 15) is 0 Å². The number of allylic oxidation sites excluding steroid dienone is 1. The van der Waals surface area contributed by atoms with Crippen LogP contribution in [0.1, 0.15) is 103 Å². The minimum Gasteiger partial charge on any atom is -0.493 e. The number of benzene rings is 1. The standard InChI is InChI=1S/C25H42O2/c1-5-8-10-12-14-16-19-27-25-20-22(4)24(21-23(25)17-7-3)26-18-15-13-11-9-6-2/h7,17,20-21H,5-6,8-16,18-19H2,1-4H3/b17-7+. The van der Waals surface area contributed by atoms with Crippen LogP contribution in [0.15, 0.2) is 18.2 Å². The van der Waals surface area contributed by atoms with Gasteiger partial charge < -0.3 is 9.47 Å². The minimum atomic E-state index is 0.799. The van der Waals surface area contributed by atoms with E-state index in [1.807, 2.05) is 6.92 Å². The molecule has 0 heterocycles. The van der Waals surface area contributed by atoms with Crippen LogP contribution in [0, 0.1) is 6.92 Å². The zero-order chi connectivity index (χ0) is 19.7. The summed E-state index contributed by atoms with van der Waals surface area (Å²) in [7, 11) is 0. The average Bonchev–Trinajstić information content (AvgIpc) is 2.66. The van der Waals surface area contributed by atoms with Crippen molar-refractivity contribution in [1.29, 1.82) is 0 Å². The van der Waals surface area contributed by atoms with Crippen molar-refractivity contribution in [2.45, 2.75) is 98.3 Å². The molecule has 0 aromatic heterocycles. The second-order valence-electron chi connectivity index (χ2n) is 7.53. The summed E-state index contributed by atoms with van der Waals surface area (Å²) in [5.41, 5.74) is 2.28. The normalized spacial score (nSPS) is 11.3. The van der Waals surface area contributed by atoms with E-state index >= 15 is 0 Å². The molecule has 0 amide bonds. The van der Waals surface area contributed by atoms with Crippen molar-refractivity contribution in [2.75, 3.05) is 13.2 Å². The van der Waals surface area contributed by atoms with Crippen LogP contribution in [0.25, 0.3) is 6.08 Å². The van der Waals surface area contributed by atoms with Crippen LogP contribution in [0.4, 0.5) is 0 Å². The summed E-state index contributed by atoms with van der Waals surface area (Å²) >= 11 is 0. The van der Waals surface area contributed by atoms with Gasteiger partial charge in [0.2, 0.25) is 0 Å². The number of aryl methyl sites for hydroxylation is 1. The van der Waals surface area contributed by atoms with Gasteiger partial charge >= 0.3 is 0 Å². The van der Waals surface area contributed by atoms with Crippen LogP contribution in [-0.4, -0.2) is 13.2 Å². The molecule has 1 rings (SSSR count). The molecule has 0 aliphatic carbocycles. The van der Waals surface area contributed by atoms with E-state index in [-0.39, 0.29) is 0 Å². The molecule has 1 aromatic carbocycles. The van der Waals surface area contributed by atoms with Crippen molar-refractivity contribution in [3.63, 3.8) is 0 Å².